The molecule has 0 amide bonds. The Kier molecular flexibility index (Phi) is 6.11. The predicted octanol–water partition coefficient (Wildman–Crippen LogP) is 2.97. The second kappa shape index (κ2) is 8.95. The van der Waals surface area contributed by atoms with E-state index < -0.39 is 10.0 Å². The molecule has 31 heavy (non-hydrogen) atoms. The van der Waals surface area contributed by atoms with Gasteiger partial charge in [-0.05, 0) is 24.3 Å². The van der Waals surface area contributed by atoms with Crippen molar-refractivity contribution in [2.45, 2.75) is 4.90 Å². The van der Waals surface area contributed by atoms with Crippen LogP contribution in [0.15, 0.2) is 76.6 Å². The molecule has 1 aliphatic heterocycles. The van der Waals surface area contributed by atoms with Gasteiger partial charge < -0.3 is 15.1 Å². The van der Waals surface area contributed by atoms with E-state index in [9.17, 15) is 8.42 Å². The molecule has 0 bridgehead atoms. The van der Waals surface area contributed by atoms with Crippen LogP contribution in [0.1, 0.15) is 0 Å². The third-order valence-electron chi connectivity index (χ3n) is 5.27. The molecular formula is C23H27N5O2S. The average Bonchev–Trinajstić information content (AvgIpc) is 3.20. The monoisotopic (exact) mass is 437 g/mol. The van der Waals surface area contributed by atoms with Gasteiger partial charge in [-0.25, -0.2) is 13.1 Å². The highest BCUT2D eigenvalue weighted by Crippen LogP contribution is 2.30. The lowest BCUT2D eigenvalue weighted by Crippen LogP contribution is -2.39. The summed E-state index contributed by atoms with van der Waals surface area (Å²) in [6.45, 7) is 2.28. The normalized spacial score (nSPS) is 14.0. The molecule has 0 atom stereocenters. The Morgan fingerprint density at radius 2 is 1.71 bits per heavy atom. The van der Waals surface area contributed by atoms with Crippen molar-refractivity contribution in [2.75, 3.05) is 50.5 Å². The van der Waals surface area contributed by atoms with Crippen molar-refractivity contribution >= 4 is 38.1 Å². The van der Waals surface area contributed by atoms with Gasteiger partial charge in [0.15, 0.2) is 5.96 Å². The van der Waals surface area contributed by atoms with E-state index in [0.717, 1.165) is 34.7 Å². The van der Waals surface area contributed by atoms with Gasteiger partial charge in [0.25, 0.3) is 0 Å². The molecule has 0 aromatic heterocycles. The van der Waals surface area contributed by atoms with Gasteiger partial charge >= 0.3 is 0 Å². The van der Waals surface area contributed by atoms with Gasteiger partial charge in [0.1, 0.15) is 0 Å². The molecule has 8 heteroatoms. The Bertz CT molecular complexity index is 1190. The molecule has 0 spiro atoms. The van der Waals surface area contributed by atoms with Crippen molar-refractivity contribution in [1.82, 2.24) is 9.62 Å². The maximum Gasteiger partial charge on any atom is 0.241 e. The Balaban J connectivity index is 1.45. The number of aliphatic imine (C=N–C) groups is 1. The lowest BCUT2D eigenvalue weighted by atomic mass is 10.1. The maximum absolute atomic E-state index is 13.1. The van der Waals surface area contributed by atoms with E-state index in [4.69, 9.17) is 0 Å². The van der Waals surface area contributed by atoms with Gasteiger partial charge in [-0.3, -0.25) is 4.99 Å². The molecule has 0 saturated carbocycles. The van der Waals surface area contributed by atoms with Crippen molar-refractivity contribution in [3.8, 4) is 0 Å². The molecule has 3 aromatic carbocycles. The lowest BCUT2D eigenvalue weighted by molar-refractivity contribution is 0.456. The summed E-state index contributed by atoms with van der Waals surface area (Å²) < 4.78 is 28.9. The highest BCUT2D eigenvalue weighted by atomic mass is 32.2. The van der Waals surface area contributed by atoms with Gasteiger partial charge in [0.05, 0.1) is 11.4 Å². The minimum absolute atomic E-state index is 0.293. The minimum atomic E-state index is -3.65. The largest absolute Gasteiger partial charge is 0.377 e. The summed E-state index contributed by atoms with van der Waals surface area (Å²) in [7, 11) is 0.250. The predicted molar refractivity (Wildman–Crippen MR) is 127 cm³/mol. The number of guanidine groups is 1. The number of hydrogen-bond acceptors (Lipinski definition) is 6. The van der Waals surface area contributed by atoms with E-state index in [1.165, 1.54) is 0 Å². The fourth-order valence-electron chi connectivity index (χ4n) is 3.75. The van der Waals surface area contributed by atoms with Gasteiger partial charge in [0.2, 0.25) is 10.0 Å². The Morgan fingerprint density at radius 3 is 2.48 bits per heavy atom. The molecule has 7 nitrogen and oxygen atoms in total. The molecule has 4 rings (SSSR count). The van der Waals surface area contributed by atoms with Crippen molar-refractivity contribution in [3.63, 3.8) is 0 Å². The highest BCUT2D eigenvalue weighted by Gasteiger charge is 2.21. The van der Waals surface area contributed by atoms with Gasteiger partial charge in [-0.1, -0.05) is 42.5 Å². The molecule has 2 N–H and O–H groups in total. The second-order valence-electron chi connectivity index (χ2n) is 7.60. The number of para-hydroxylation sites is 1. The quantitative estimate of drug-likeness (QED) is 0.594. The average molecular weight is 438 g/mol. The van der Waals surface area contributed by atoms with Crippen molar-refractivity contribution in [3.05, 3.63) is 66.7 Å². The smallest absolute Gasteiger partial charge is 0.241 e. The van der Waals surface area contributed by atoms with Crippen LogP contribution in [0.4, 0.5) is 11.4 Å². The van der Waals surface area contributed by atoms with Crippen LogP contribution in [0.2, 0.25) is 0 Å². The summed E-state index contributed by atoms with van der Waals surface area (Å²) in [5.41, 5.74) is 1.95. The van der Waals surface area contributed by atoms with Crippen LogP contribution in [0.25, 0.3) is 10.8 Å². The van der Waals surface area contributed by atoms with Crippen molar-refractivity contribution in [1.29, 1.82) is 0 Å². The summed E-state index contributed by atoms with van der Waals surface area (Å²) in [4.78, 5) is 8.84. The summed E-state index contributed by atoms with van der Waals surface area (Å²) >= 11 is 0. The fourth-order valence-corrected chi connectivity index (χ4v) is 4.99. The Hall–Kier alpha value is -3.10. The molecule has 0 unspecified atom stereocenters. The van der Waals surface area contributed by atoms with Gasteiger partial charge in [0, 0.05) is 55.9 Å². The first-order valence-corrected chi connectivity index (χ1v) is 11.7. The number of hydrogen-bond donors (Lipinski definition) is 2. The van der Waals surface area contributed by atoms with E-state index in [2.05, 4.69) is 19.9 Å². The Morgan fingerprint density at radius 1 is 0.968 bits per heavy atom. The van der Waals surface area contributed by atoms with E-state index in [-0.39, 0.29) is 0 Å². The van der Waals surface area contributed by atoms with Crippen molar-refractivity contribution in [2.24, 2.45) is 4.99 Å². The third kappa shape index (κ3) is 4.65. The van der Waals surface area contributed by atoms with Crippen LogP contribution in [-0.4, -0.2) is 59.6 Å². The van der Waals surface area contributed by atoms with E-state index >= 15 is 0 Å². The summed E-state index contributed by atoms with van der Waals surface area (Å²) in [5, 5.41) is 4.94. The molecule has 1 heterocycles. The van der Waals surface area contributed by atoms with E-state index in [1.807, 2.05) is 73.6 Å². The minimum Gasteiger partial charge on any atom is -0.377 e. The molecule has 0 radical (unpaired) electrons. The molecular weight excluding hydrogens is 410 g/mol. The molecule has 162 valence electrons. The SMILES string of the molecule is CN(C)c1cccc2c(S(=O)(=O)NCCN3CCN=C3Nc3ccccc3)cccc12. The highest BCUT2D eigenvalue weighted by molar-refractivity contribution is 7.89. The summed E-state index contributed by atoms with van der Waals surface area (Å²) in [5.74, 6) is 0.770. The number of sulfonamides is 1. The number of anilines is 2. The molecule has 0 aliphatic carbocycles. The van der Waals surface area contributed by atoms with Crippen LogP contribution in [0.5, 0.6) is 0 Å². The van der Waals surface area contributed by atoms with E-state index in [0.29, 0.717) is 24.5 Å². The fraction of sp³-hybridized carbons (Fsp3) is 0.261. The number of benzene rings is 3. The molecule has 3 aromatic rings. The Labute approximate surface area is 183 Å². The van der Waals surface area contributed by atoms with E-state index in [1.54, 1.807) is 12.1 Å². The number of nitrogens with zero attached hydrogens (tertiary/aromatic N) is 3. The number of rotatable bonds is 7. The zero-order valence-electron chi connectivity index (χ0n) is 17.7. The van der Waals surface area contributed by atoms with Gasteiger partial charge in [-0.2, -0.15) is 0 Å². The molecule has 0 fully saturated rings. The van der Waals surface area contributed by atoms with Gasteiger partial charge in [-0.15, -0.1) is 0 Å². The topological polar surface area (TPSA) is 77.0 Å². The van der Waals surface area contributed by atoms with Crippen LogP contribution >= 0.6 is 0 Å². The first kappa shape index (κ1) is 21.1. The second-order valence-corrected chi connectivity index (χ2v) is 9.34. The van der Waals surface area contributed by atoms with Crippen molar-refractivity contribution < 1.29 is 8.42 Å². The maximum atomic E-state index is 13.1. The first-order chi connectivity index (χ1) is 15.0. The van der Waals surface area contributed by atoms with Crippen LogP contribution in [0.3, 0.4) is 0 Å². The third-order valence-corrected chi connectivity index (χ3v) is 6.78. The molecule has 1 aliphatic rings. The zero-order valence-corrected chi connectivity index (χ0v) is 18.6. The molecule has 0 saturated heterocycles. The number of fused-ring (bicyclic) bond motifs is 1. The first-order valence-electron chi connectivity index (χ1n) is 10.3. The van der Waals surface area contributed by atoms with Crippen LogP contribution in [-0.2, 0) is 10.0 Å². The number of nitrogens with one attached hydrogen (secondary N) is 2. The summed E-state index contributed by atoms with van der Waals surface area (Å²) in [6.07, 6.45) is 0. The standard InChI is InChI=1S/C23H27N5O2S/c1-27(2)21-12-6-11-20-19(21)10-7-13-22(20)31(29,30)25-15-17-28-16-14-24-23(28)26-18-8-4-3-5-9-18/h3-13,25H,14-17H2,1-2H3,(H,24,26). The lowest BCUT2D eigenvalue weighted by Gasteiger charge is -2.21. The van der Waals surface area contributed by atoms with Crippen LogP contribution in [0, 0.1) is 0 Å². The summed E-state index contributed by atoms with van der Waals surface area (Å²) in [6, 6.07) is 21.0. The van der Waals surface area contributed by atoms with Crippen LogP contribution < -0.4 is 14.9 Å². The zero-order chi connectivity index (χ0) is 21.8.